The van der Waals surface area contributed by atoms with Crippen molar-refractivity contribution in [2.45, 2.75) is 32.9 Å². The summed E-state index contributed by atoms with van der Waals surface area (Å²) >= 11 is 0. The van der Waals surface area contributed by atoms with Crippen molar-refractivity contribution < 1.29 is 9.50 Å². The van der Waals surface area contributed by atoms with Crippen LogP contribution in [0.25, 0.3) is 0 Å². The lowest BCUT2D eigenvalue weighted by Crippen LogP contribution is -2.32. The first-order valence-corrected chi connectivity index (χ1v) is 6.12. The molecule has 0 spiro atoms. The first-order valence-electron chi connectivity index (χ1n) is 6.12. The predicted octanol–water partition coefficient (Wildman–Crippen LogP) is 2.29. The number of rotatable bonds is 6. The van der Waals surface area contributed by atoms with E-state index in [0.717, 1.165) is 6.54 Å². The maximum Gasteiger partial charge on any atom is 0.129 e. The maximum absolute atomic E-state index is 13.8. The molecule has 0 radical (unpaired) electrons. The standard InChI is InChI=1S/C14H19FN2O/c1-11(2)17(6-3-7-18)10-13-5-4-12(9-16)8-14(13)15/h4-5,8,11,18H,3,6-7,10H2,1-2H3. The summed E-state index contributed by atoms with van der Waals surface area (Å²) in [5.74, 6) is -0.344. The summed E-state index contributed by atoms with van der Waals surface area (Å²) < 4.78 is 13.8. The zero-order valence-electron chi connectivity index (χ0n) is 10.9. The van der Waals surface area contributed by atoms with E-state index in [-0.39, 0.29) is 18.5 Å². The molecule has 0 aliphatic heterocycles. The average Bonchev–Trinajstić information content (AvgIpc) is 2.35. The second-order valence-corrected chi connectivity index (χ2v) is 4.56. The van der Waals surface area contributed by atoms with Crippen molar-refractivity contribution in [1.82, 2.24) is 4.90 Å². The number of nitrogens with zero attached hydrogens (tertiary/aromatic N) is 2. The van der Waals surface area contributed by atoms with E-state index in [2.05, 4.69) is 4.90 Å². The normalized spacial score (nSPS) is 10.9. The molecule has 0 saturated heterocycles. The Balaban J connectivity index is 2.78. The molecule has 0 aliphatic carbocycles. The molecule has 0 amide bonds. The van der Waals surface area contributed by atoms with Crippen LogP contribution in [0.1, 0.15) is 31.4 Å². The fourth-order valence-electron chi connectivity index (χ4n) is 1.76. The van der Waals surface area contributed by atoms with Crippen LogP contribution in [0.2, 0.25) is 0 Å². The molecule has 0 unspecified atom stereocenters. The molecule has 0 bridgehead atoms. The zero-order chi connectivity index (χ0) is 13.5. The van der Waals surface area contributed by atoms with Crippen LogP contribution in [0.15, 0.2) is 18.2 Å². The Kier molecular flexibility index (Phi) is 5.76. The summed E-state index contributed by atoms with van der Waals surface area (Å²) in [6.45, 7) is 5.44. The number of hydrogen-bond acceptors (Lipinski definition) is 3. The van der Waals surface area contributed by atoms with E-state index in [9.17, 15) is 4.39 Å². The van der Waals surface area contributed by atoms with E-state index in [1.165, 1.54) is 6.07 Å². The number of aliphatic hydroxyl groups excluding tert-OH is 1. The molecule has 0 aliphatic rings. The van der Waals surface area contributed by atoms with Gasteiger partial charge in [-0.1, -0.05) is 6.07 Å². The van der Waals surface area contributed by atoms with Gasteiger partial charge in [0.25, 0.3) is 0 Å². The van der Waals surface area contributed by atoms with E-state index < -0.39 is 0 Å². The van der Waals surface area contributed by atoms with Crippen molar-refractivity contribution in [2.75, 3.05) is 13.2 Å². The Morgan fingerprint density at radius 1 is 1.44 bits per heavy atom. The van der Waals surface area contributed by atoms with Gasteiger partial charge in [-0.25, -0.2) is 4.39 Å². The molecular formula is C14H19FN2O. The summed E-state index contributed by atoms with van der Waals surface area (Å²) in [6, 6.07) is 6.75. The van der Waals surface area contributed by atoms with Gasteiger partial charge in [-0.05, 0) is 32.4 Å². The van der Waals surface area contributed by atoms with Crippen LogP contribution in [0, 0.1) is 17.1 Å². The zero-order valence-corrected chi connectivity index (χ0v) is 10.9. The highest BCUT2D eigenvalue weighted by molar-refractivity contribution is 5.32. The Hall–Kier alpha value is -1.44. The van der Waals surface area contributed by atoms with Crippen LogP contribution in [0.5, 0.6) is 0 Å². The first-order chi connectivity index (χ1) is 8.58. The predicted molar refractivity (Wildman–Crippen MR) is 68.4 cm³/mol. The van der Waals surface area contributed by atoms with Gasteiger partial charge in [-0.2, -0.15) is 5.26 Å². The van der Waals surface area contributed by atoms with Gasteiger partial charge in [0, 0.05) is 31.3 Å². The molecule has 0 aromatic heterocycles. The highest BCUT2D eigenvalue weighted by Gasteiger charge is 2.12. The van der Waals surface area contributed by atoms with E-state index in [1.54, 1.807) is 12.1 Å². The third kappa shape index (κ3) is 4.10. The number of benzene rings is 1. The third-order valence-corrected chi connectivity index (χ3v) is 2.89. The number of aliphatic hydroxyl groups is 1. The van der Waals surface area contributed by atoms with Gasteiger partial charge in [0.15, 0.2) is 0 Å². The lowest BCUT2D eigenvalue weighted by Gasteiger charge is -2.26. The van der Waals surface area contributed by atoms with Crippen LogP contribution >= 0.6 is 0 Å². The summed E-state index contributed by atoms with van der Waals surface area (Å²) in [4.78, 5) is 2.10. The molecule has 3 nitrogen and oxygen atoms in total. The molecule has 1 rings (SSSR count). The molecule has 98 valence electrons. The van der Waals surface area contributed by atoms with E-state index in [0.29, 0.717) is 24.1 Å². The van der Waals surface area contributed by atoms with Gasteiger partial charge in [0.1, 0.15) is 5.82 Å². The summed E-state index contributed by atoms with van der Waals surface area (Å²) in [5.41, 5.74) is 0.920. The van der Waals surface area contributed by atoms with Crippen molar-refractivity contribution >= 4 is 0 Å². The highest BCUT2D eigenvalue weighted by Crippen LogP contribution is 2.14. The largest absolute Gasteiger partial charge is 0.396 e. The van der Waals surface area contributed by atoms with E-state index in [4.69, 9.17) is 10.4 Å². The Morgan fingerprint density at radius 2 is 2.17 bits per heavy atom. The van der Waals surface area contributed by atoms with Gasteiger partial charge in [0.2, 0.25) is 0 Å². The fraction of sp³-hybridized carbons (Fsp3) is 0.500. The second kappa shape index (κ2) is 7.10. The Bertz CT molecular complexity index is 426. The third-order valence-electron chi connectivity index (χ3n) is 2.89. The van der Waals surface area contributed by atoms with Crippen molar-refractivity contribution in [3.63, 3.8) is 0 Å². The first kappa shape index (κ1) is 14.6. The smallest absolute Gasteiger partial charge is 0.129 e. The topological polar surface area (TPSA) is 47.3 Å². The van der Waals surface area contributed by atoms with Crippen molar-refractivity contribution in [1.29, 1.82) is 5.26 Å². The molecule has 4 heteroatoms. The van der Waals surface area contributed by atoms with Gasteiger partial charge >= 0.3 is 0 Å². The minimum atomic E-state index is -0.344. The molecule has 0 saturated carbocycles. The second-order valence-electron chi connectivity index (χ2n) is 4.56. The van der Waals surface area contributed by atoms with Gasteiger partial charge in [0.05, 0.1) is 11.6 Å². The van der Waals surface area contributed by atoms with Crippen molar-refractivity contribution in [3.8, 4) is 6.07 Å². The van der Waals surface area contributed by atoms with Crippen LogP contribution < -0.4 is 0 Å². The van der Waals surface area contributed by atoms with Crippen LogP contribution in [0.3, 0.4) is 0 Å². The number of hydrogen-bond donors (Lipinski definition) is 1. The highest BCUT2D eigenvalue weighted by atomic mass is 19.1. The molecule has 18 heavy (non-hydrogen) atoms. The summed E-state index contributed by atoms with van der Waals surface area (Å²) in [6.07, 6.45) is 0.677. The molecule has 1 aromatic carbocycles. The molecule has 1 N–H and O–H groups in total. The van der Waals surface area contributed by atoms with E-state index >= 15 is 0 Å². The summed E-state index contributed by atoms with van der Waals surface area (Å²) in [7, 11) is 0. The monoisotopic (exact) mass is 250 g/mol. The lowest BCUT2D eigenvalue weighted by molar-refractivity contribution is 0.183. The Labute approximate surface area is 107 Å². The minimum absolute atomic E-state index is 0.138. The average molecular weight is 250 g/mol. The van der Waals surface area contributed by atoms with Gasteiger partial charge in [-0.15, -0.1) is 0 Å². The van der Waals surface area contributed by atoms with Crippen LogP contribution in [-0.4, -0.2) is 29.2 Å². The molecular weight excluding hydrogens is 231 g/mol. The van der Waals surface area contributed by atoms with Crippen LogP contribution in [-0.2, 0) is 6.54 Å². The Morgan fingerprint density at radius 3 is 2.67 bits per heavy atom. The fourth-order valence-corrected chi connectivity index (χ4v) is 1.76. The lowest BCUT2D eigenvalue weighted by atomic mass is 10.1. The van der Waals surface area contributed by atoms with Gasteiger partial charge < -0.3 is 5.11 Å². The minimum Gasteiger partial charge on any atom is -0.396 e. The van der Waals surface area contributed by atoms with Crippen molar-refractivity contribution in [3.05, 3.63) is 35.1 Å². The molecule has 0 fully saturated rings. The molecule has 1 aromatic rings. The van der Waals surface area contributed by atoms with Crippen molar-refractivity contribution in [2.24, 2.45) is 0 Å². The van der Waals surface area contributed by atoms with Crippen LogP contribution in [0.4, 0.5) is 4.39 Å². The SMILES string of the molecule is CC(C)N(CCCO)Cc1ccc(C#N)cc1F. The number of nitriles is 1. The number of halogens is 1. The van der Waals surface area contributed by atoms with E-state index in [1.807, 2.05) is 19.9 Å². The maximum atomic E-state index is 13.8. The quantitative estimate of drug-likeness (QED) is 0.842. The van der Waals surface area contributed by atoms with Gasteiger partial charge in [-0.3, -0.25) is 4.90 Å². The summed E-state index contributed by atoms with van der Waals surface area (Å²) in [5, 5.41) is 17.5. The molecule has 0 heterocycles. The molecule has 0 atom stereocenters.